The fourth-order valence-corrected chi connectivity index (χ4v) is 2.41. The zero-order valence-corrected chi connectivity index (χ0v) is 9.14. The molecular weight excluding hydrogens is 144 g/mol. The second-order valence-corrected chi connectivity index (χ2v) is 4.82. The molecule has 1 aliphatic rings. The summed E-state index contributed by atoms with van der Waals surface area (Å²) < 4.78 is 0. The summed E-state index contributed by atoms with van der Waals surface area (Å²) >= 11 is 0. The monoisotopic (exact) mass is 168 g/mol. The quantitative estimate of drug-likeness (QED) is 0.579. The van der Waals surface area contributed by atoms with Gasteiger partial charge in [0.1, 0.15) is 0 Å². The van der Waals surface area contributed by atoms with Crippen LogP contribution in [0.25, 0.3) is 0 Å². The van der Waals surface area contributed by atoms with Crippen LogP contribution in [0, 0.1) is 23.7 Å². The number of hydrogen-bond donors (Lipinski definition) is 0. The van der Waals surface area contributed by atoms with Gasteiger partial charge in [0.25, 0.3) is 0 Å². The molecule has 0 bridgehead atoms. The molecule has 0 heteroatoms. The van der Waals surface area contributed by atoms with Gasteiger partial charge < -0.3 is 0 Å². The molecule has 0 aliphatic heterocycles. The van der Waals surface area contributed by atoms with Crippen LogP contribution >= 0.6 is 0 Å². The second-order valence-electron chi connectivity index (χ2n) is 4.82. The minimum atomic E-state index is 0.935. The molecule has 0 N–H and O–H groups in total. The lowest BCUT2D eigenvalue weighted by molar-refractivity contribution is 0.396. The summed E-state index contributed by atoms with van der Waals surface area (Å²) in [6.07, 6.45) is 5.81. The van der Waals surface area contributed by atoms with Gasteiger partial charge in [-0.1, -0.05) is 40.5 Å². The average Bonchev–Trinajstić information content (AvgIpc) is 2.79. The van der Waals surface area contributed by atoms with Crippen molar-refractivity contribution in [3.05, 3.63) is 0 Å². The largest absolute Gasteiger partial charge is 0.0651 e. The van der Waals surface area contributed by atoms with Gasteiger partial charge >= 0.3 is 0 Å². The first-order chi connectivity index (χ1) is 5.69. The van der Waals surface area contributed by atoms with Crippen LogP contribution in [0.4, 0.5) is 0 Å². The van der Waals surface area contributed by atoms with E-state index in [0.29, 0.717) is 0 Å². The summed E-state index contributed by atoms with van der Waals surface area (Å²) in [5, 5.41) is 0. The van der Waals surface area contributed by atoms with Gasteiger partial charge in [0, 0.05) is 0 Å². The van der Waals surface area contributed by atoms with E-state index in [0.717, 1.165) is 23.7 Å². The fraction of sp³-hybridized carbons (Fsp3) is 1.00. The Balaban J connectivity index is 2.17. The molecule has 0 heterocycles. The third-order valence-corrected chi connectivity index (χ3v) is 3.62. The second kappa shape index (κ2) is 4.30. The lowest BCUT2D eigenvalue weighted by Crippen LogP contribution is -2.01. The molecule has 0 aromatic carbocycles. The third kappa shape index (κ3) is 2.50. The van der Waals surface area contributed by atoms with Crippen LogP contribution in [0.3, 0.4) is 0 Å². The van der Waals surface area contributed by atoms with Crippen molar-refractivity contribution in [1.82, 2.24) is 0 Å². The van der Waals surface area contributed by atoms with Gasteiger partial charge in [-0.25, -0.2) is 0 Å². The topological polar surface area (TPSA) is 0 Å². The molecule has 0 saturated heterocycles. The van der Waals surface area contributed by atoms with E-state index < -0.39 is 0 Å². The summed E-state index contributed by atoms with van der Waals surface area (Å²) in [6, 6.07) is 0. The third-order valence-electron chi connectivity index (χ3n) is 3.62. The van der Waals surface area contributed by atoms with Crippen LogP contribution in [0.5, 0.6) is 0 Å². The maximum Gasteiger partial charge on any atom is -0.0360 e. The zero-order valence-electron chi connectivity index (χ0n) is 9.14. The van der Waals surface area contributed by atoms with Crippen molar-refractivity contribution in [2.24, 2.45) is 23.7 Å². The molecule has 2 unspecified atom stereocenters. The van der Waals surface area contributed by atoms with Crippen molar-refractivity contribution in [3.63, 3.8) is 0 Å². The van der Waals surface area contributed by atoms with Gasteiger partial charge in [-0.2, -0.15) is 0 Å². The first kappa shape index (κ1) is 10.1. The Labute approximate surface area is 77.7 Å². The van der Waals surface area contributed by atoms with E-state index in [2.05, 4.69) is 27.7 Å². The molecule has 72 valence electrons. The highest BCUT2D eigenvalue weighted by molar-refractivity contribution is 4.89. The van der Waals surface area contributed by atoms with E-state index in [4.69, 9.17) is 0 Å². The van der Waals surface area contributed by atoms with Gasteiger partial charge in [0.15, 0.2) is 0 Å². The van der Waals surface area contributed by atoms with E-state index in [9.17, 15) is 0 Å². The standard InChI is InChI=1S/C12H24/c1-5-10(6-2)7-11-8-12(11)9(3)4/h9-12H,5-8H2,1-4H3. The Morgan fingerprint density at radius 1 is 1.17 bits per heavy atom. The molecule has 1 rings (SSSR count). The molecule has 0 nitrogen and oxygen atoms in total. The SMILES string of the molecule is CCC(CC)CC1CC1C(C)C. The van der Waals surface area contributed by atoms with Crippen LogP contribution in [0.1, 0.15) is 53.4 Å². The lowest BCUT2D eigenvalue weighted by Gasteiger charge is -2.12. The molecule has 0 amide bonds. The fourth-order valence-electron chi connectivity index (χ4n) is 2.41. The van der Waals surface area contributed by atoms with Gasteiger partial charge in [0.05, 0.1) is 0 Å². The molecule has 0 spiro atoms. The van der Waals surface area contributed by atoms with Gasteiger partial charge in [-0.3, -0.25) is 0 Å². The Hall–Kier alpha value is 0. The molecule has 2 atom stereocenters. The highest BCUT2D eigenvalue weighted by Crippen LogP contribution is 2.48. The maximum atomic E-state index is 2.37. The number of rotatable bonds is 5. The summed E-state index contributed by atoms with van der Waals surface area (Å²) in [4.78, 5) is 0. The van der Waals surface area contributed by atoms with Gasteiger partial charge in [0.2, 0.25) is 0 Å². The molecular formula is C12H24. The average molecular weight is 168 g/mol. The van der Waals surface area contributed by atoms with E-state index in [1.165, 1.54) is 25.7 Å². The lowest BCUT2D eigenvalue weighted by atomic mass is 9.94. The predicted octanol–water partition coefficient (Wildman–Crippen LogP) is 4.10. The zero-order chi connectivity index (χ0) is 9.14. The summed E-state index contributed by atoms with van der Waals surface area (Å²) in [5.41, 5.74) is 0. The Morgan fingerprint density at radius 3 is 2.08 bits per heavy atom. The smallest absolute Gasteiger partial charge is 0.0360 e. The normalized spacial score (nSPS) is 28.5. The summed E-state index contributed by atoms with van der Waals surface area (Å²) in [7, 11) is 0. The van der Waals surface area contributed by atoms with Crippen LogP contribution < -0.4 is 0 Å². The molecule has 1 saturated carbocycles. The van der Waals surface area contributed by atoms with Crippen molar-refractivity contribution in [1.29, 1.82) is 0 Å². The van der Waals surface area contributed by atoms with Crippen molar-refractivity contribution >= 4 is 0 Å². The van der Waals surface area contributed by atoms with Crippen molar-refractivity contribution in [3.8, 4) is 0 Å². The Morgan fingerprint density at radius 2 is 1.75 bits per heavy atom. The van der Waals surface area contributed by atoms with Crippen LogP contribution in [-0.4, -0.2) is 0 Å². The highest BCUT2D eigenvalue weighted by atomic mass is 14.4. The maximum absolute atomic E-state index is 2.37. The van der Waals surface area contributed by atoms with Crippen LogP contribution in [0.15, 0.2) is 0 Å². The van der Waals surface area contributed by atoms with E-state index in [1.807, 2.05) is 0 Å². The van der Waals surface area contributed by atoms with Gasteiger partial charge in [-0.15, -0.1) is 0 Å². The summed E-state index contributed by atoms with van der Waals surface area (Å²) in [5.74, 6) is 4.11. The van der Waals surface area contributed by atoms with E-state index >= 15 is 0 Å². The minimum absolute atomic E-state index is 0.935. The first-order valence-electron chi connectivity index (χ1n) is 5.69. The first-order valence-corrected chi connectivity index (χ1v) is 5.69. The molecule has 12 heavy (non-hydrogen) atoms. The Bertz CT molecular complexity index is 122. The van der Waals surface area contributed by atoms with Gasteiger partial charge in [-0.05, 0) is 36.5 Å². The minimum Gasteiger partial charge on any atom is -0.0651 e. The Kier molecular flexibility index (Phi) is 3.61. The van der Waals surface area contributed by atoms with E-state index in [-0.39, 0.29) is 0 Å². The molecule has 0 radical (unpaired) electrons. The van der Waals surface area contributed by atoms with Crippen molar-refractivity contribution < 1.29 is 0 Å². The van der Waals surface area contributed by atoms with Crippen LogP contribution in [-0.2, 0) is 0 Å². The van der Waals surface area contributed by atoms with Crippen LogP contribution in [0.2, 0.25) is 0 Å². The molecule has 0 aromatic rings. The molecule has 0 aromatic heterocycles. The number of hydrogen-bond acceptors (Lipinski definition) is 0. The predicted molar refractivity (Wildman–Crippen MR) is 55.1 cm³/mol. The molecule has 1 fully saturated rings. The van der Waals surface area contributed by atoms with E-state index in [1.54, 1.807) is 0 Å². The molecule has 1 aliphatic carbocycles. The summed E-state index contributed by atoms with van der Waals surface area (Å²) in [6.45, 7) is 9.41. The van der Waals surface area contributed by atoms with Crippen molar-refractivity contribution in [2.45, 2.75) is 53.4 Å². The highest BCUT2D eigenvalue weighted by Gasteiger charge is 2.39. The van der Waals surface area contributed by atoms with Crippen molar-refractivity contribution in [2.75, 3.05) is 0 Å².